The fraction of sp³-hybridized carbons (Fsp3) is 0.550. The third-order valence-electron chi connectivity index (χ3n) is 4.96. The van der Waals surface area contributed by atoms with Crippen molar-refractivity contribution in [3.8, 4) is 11.5 Å². The Balaban J connectivity index is 0.00000196. The molecule has 8 heteroatoms. The van der Waals surface area contributed by atoms with Crippen molar-refractivity contribution in [3.63, 3.8) is 0 Å². The van der Waals surface area contributed by atoms with Crippen LogP contribution in [0.4, 0.5) is 0 Å². The zero-order chi connectivity index (χ0) is 18.7. The maximum atomic E-state index is 12.6. The highest BCUT2D eigenvalue weighted by Gasteiger charge is 2.24. The lowest BCUT2D eigenvalue weighted by Gasteiger charge is -2.31. The predicted octanol–water partition coefficient (Wildman–Crippen LogP) is 3.40. The minimum Gasteiger partial charge on any atom is -0.493 e. The Labute approximate surface area is 178 Å². The van der Waals surface area contributed by atoms with Crippen molar-refractivity contribution in [1.29, 1.82) is 0 Å². The molecule has 1 atom stereocenters. The molecule has 3 rings (SSSR count). The van der Waals surface area contributed by atoms with Gasteiger partial charge in [-0.25, -0.2) is 4.79 Å². The summed E-state index contributed by atoms with van der Waals surface area (Å²) in [4.78, 5) is 14.9. The molecule has 0 bridgehead atoms. The Kier molecular flexibility index (Phi) is 9.57. The average molecular weight is 433 g/mol. The Bertz CT molecular complexity index is 841. The van der Waals surface area contributed by atoms with Gasteiger partial charge in [-0.1, -0.05) is 6.92 Å². The maximum Gasteiger partial charge on any atom is 0.341 e. The molecule has 1 unspecified atom stereocenters. The van der Waals surface area contributed by atoms with Crippen LogP contribution in [-0.2, 0) is 13.0 Å². The molecule has 1 aliphatic heterocycles. The van der Waals surface area contributed by atoms with Gasteiger partial charge in [0.1, 0.15) is 5.58 Å². The van der Waals surface area contributed by atoms with Crippen LogP contribution in [0, 0.1) is 0 Å². The van der Waals surface area contributed by atoms with Crippen molar-refractivity contribution < 1.29 is 13.9 Å². The minimum atomic E-state index is -0.251. The number of halogens is 2. The van der Waals surface area contributed by atoms with Crippen LogP contribution in [0.2, 0.25) is 0 Å². The summed E-state index contributed by atoms with van der Waals surface area (Å²) in [6.45, 7) is 7.84. The molecule has 0 saturated heterocycles. The summed E-state index contributed by atoms with van der Waals surface area (Å²) in [6.07, 6.45) is 1.95. The lowest BCUT2D eigenvalue weighted by molar-refractivity contribution is 0.226. The summed E-state index contributed by atoms with van der Waals surface area (Å²) in [5, 5.41) is 4.44. The molecule has 0 aliphatic carbocycles. The number of nitrogens with zero attached hydrogens (tertiary/aromatic N) is 1. The molecule has 6 nitrogen and oxygen atoms in total. The first-order chi connectivity index (χ1) is 12.6. The number of rotatable bonds is 7. The second-order valence-corrected chi connectivity index (χ2v) is 6.89. The van der Waals surface area contributed by atoms with Gasteiger partial charge < -0.3 is 19.2 Å². The first-order valence-electron chi connectivity index (χ1n) is 9.23. The highest BCUT2D eigenvalue weighted by atomic mass is 35.5. The number of ether oxygens (including phenoxy) is 2. The number of methoxy groups -OCH3 is 2. The van der Waals surface area contributed by atoms with E-state index in [4.69, 9.17) is 13.9 Å². The largest absolute Gasteiger partial charge is 0.493 e. The van der Waals surface area contributed by atoms with Gasteiger partial charge in [-0.2, -0.15) is 0 Å². The van der Waals surface area contributed by atoms with Gasteiger partial charge in [-0.3, -0.25) is 4.90 Å². The first-order valence-corrected chi connectivity index (χ1v) is 9.23. The van der Waals surface area contributed by atoms with Gasteiger partial charge in [0.05, 0.1) is 19.8 Å². The van der Waals surface area contributed by atoms with Gasteiger partial charge in [0.15, 0.2) is 11.5 Å². The van der Waals surface area contributed by atoms with Crippen LogP contribution in [0.1, 0.15) is 31.4 Å². The van der Waals surface area contributed by atoms with Crippen LogP contribution in [-0.4, -0.2) is 44.8 Å². The number of fused-ring (bicyclic) bond motifs is 3. The average Bonchev–Trinajstić information content (AvgIpc) is 2.65. The van der Waals surface area contributed by atoms with E-state index in [0.717, 1.165) is 49.0 Å². The number of nitrogens with one attached hydrogen (secondary N) is 1. The van der Waals surface area contributed by atoms with Gasteiger partial charge in [0.2, 0.25) is 0 Å². The van der Waals surface area contributed by atoms with Crippen molar-refractivity contribution in [3.05, 3.63) is 33.7 Å². The smallest absolute Gasteiger partial charge is 0.341 e. The molecular formula is C20H30Cl2N2O4. The number of benzene rings is 1. The zero-order valence-corrected chi connectivity index (χ0v) is 18.5. The van der Waals surface area contributed by atoms with Crippen LogP contribution >= 0.6 is 24.8 Å². The van der Waals surface area contributed by atoms with Gasteiger partial charge in [0.25, 0.3) is 0 Å². The third kappa shape index (κ3) is 5.11. The highest BCUT2D eigenvalue weighted by molar-refractivity contribution is 5.86. The molecule has 0 saturated carbocycles. The molecular weight excluding hydrogens is 403 g/mol. The zero-order valence-electron chi connectivity index (χ0n) is 16.9. The van der Waals surface area contributed by atoms with E-state index in [-0.39, 0.29) is 30.4 Å². The molecule has 0 spiro atoms. The molecule has 158 valence electrons. The van der Waals surface area contributed by atoms with E-state index in [1.807, 2.05) is 6.07 Å². The van der Waals surface area contributed by atoms with Gasteiger partial charge in [-0.05, 0) is 37.9 Å². The summed E-state index contributed by atoms with van der Waals surface area (Å²) >= 11 is 0. The third-order valence-corrected chi connectivity index (χ3v) is 4.96. The van der Waals surface area contributed by atoms with E-state index in [0.29, 0.717) is 29.7 Å². The molecule has 1 aromatic heterocycles. The van der Waals surface area contributed by atoms with Gasteiger partial charge in [-0.15, -0.1) is 24.8 Å². The molecule has 1 aliphatic rings. The van der Waals surface area contributed by atoms with E-state index in [1.165, 1.54) is 0 Å². The fourth-order valence-corrected chi connectivity index (χ4v) is 3.64. The summed E-state index contributed by atoms with van der Waals surface area (Å²) in [5.74, 6) is 1.22. The first kappa shape index (κ1) is 24.6. The molecule has 0 radical (unpaired) electrons. The molecule has 1 aromatic carbocycles. The van der Waals surface area contributed by atoms with Crippen molar-refractivity contribution in [2.24, 2.45) is 0 Å². The summed E-state index contributed by atoms with van der Waals surface area (Å²) in [7, 11) is 3.19. The van der Waals surface area contributed by atoms with Crippen molar-refractivity contribution >= 4 is 35.8 Å². The second-order valence-electron chi connectivity index (χ2n) is 6.89. The fourth-order valence-electron chi connectivity index (χ4n) is 3.64. The molecule has 0 amide bonds. The van der Waals surface area contributed by atoms with Gasteiger partial charge >= 0.3 is 5.63 Å². The van der Waals surface area contributed by atoms with Crippen molar-refractivity contribution in [2.45, 2.75) is 39.3 Å². The molecule has 2 aromatic rings. The molecule has 28 heavy (non-hydrogen) atoms. The van der Waals surface area contributed by atoms with Crippen molar-refractivity contribution in [2.75, 3.05) is 33.9 Å². The SMILES string of the molecule is CCCNC(C)CN1CCc2c(c(=O)oc3cc(OC)c(OC)cc23)C1.Cl.Cl. The van der Waals surface area contributed by atoms with Crippen LogP contribution in [0.25, 0.3) is 11.0 Å². The van der Waals surface area contributed by atoms with E-state index < -0.39 is 0 Å². The second kappa shape index (κ2) is 10.9. The lowest BCUT2D eigenvalue weighted by Crippen LogP contribution is -2.42. The monoisotopic (exact) mass is 432 g/mol. The molecule has 1 N–H and O–H groups in total. The quantitative estimate of drug-likeness (QED) is 0.676. The maximum absolute atomic E-state index is 12.6. The normalized spacial score (nSPS) is 14.6. The Morgan fingerprint density at radius 3 is 2.50 bits per heavy atom. The van der Waals surface area contributed by atoms with Gasteiger partial charge in [0, 0.05) is 37.1 Å². The lowest BCUT2D eigenvalue weighted by atomic mass is 9.97. The summed E-state index contributed by atoms with van der Waals surface area (Å²) in [6, 6.07) is 4.05. The topological polar surface area (TPSA) is 63.9 Å². The highest BCUT2D eigenvalue weighted by Crippen LogP contribution is 2.35. The molecule has 2 heterocycles. The number of hydrogen-bond acceptors (Lipinski definition) is 6. The van der Waals surface area contributed by atoms with Crippen molar-refractivity contribution in [1.82, 2.24) is 10.2 Å². The predicted molar refractivity (Wildman–Crippen MR) is 117 cm³/mol. The Morgan fingerprint density at radius 2 is 1.86 bits per heavy atom. The van der Waals surface area contributed by atoms with E-state index in [9.17, 15) is 4.79 Å². The van der Waals surface area contributed by atoms with Crippen LogP contribution in [0.15, 0.2) is 21.3 Å². The van der Waals surface area contributed by atoms with Crippen LogP contribution in [0.3, 0.4) is 0 Å². The minimum absolute atomic E-state index is 0. The number of hydrogen-bond donors (Lipinski definition) is 1. The van der Waals surface area contributed by atoms with Crippen LogP contribution < -0.4 is 20.4 Å². The standard InChI is InChI=1S/C20H28N2O4.2ClH/c1-5-7-21-13(2)11-22-8-6-14-15-9-18(24-3)19(25-4)10-17(15)26-20(23)16(14)12-22;;/h9-10,13,21H,5-8,11-12H2,1-4H3;2*1H. The Morgan fingerprint density at radius 1 is 1.18 bits per heavy atom. The van der Waals surface area contributed by atoms with E-state index in [2.05, 4.69) is 24.1 Å². The van der Waals surface area contributed by atoms with E-state index >= 15 is 0 Å². The van der Waals surface area contributed by atoms with Crippen LogP contribution in [0.5, 0.6) is 11.5 Å². The molecule has 0 fully saturated rings. The Hall–Kier alpha value is -1.47. The van der Waals surface area contributed by atoms with E-state index in [1.54, 1.807) is 20.3 Å². The summed E-state index contributed by atoms with van der Waals surface area (Å²) < 4.78 is 16.3. The summed E-state index contributed by atoms with van der Waals surface area (Å²) in [5.41, 5.74) is 2.14.